The molecule has 194 valence electrons. The van der Waals surface area contributed by atoms with E-state index in [1.165, 1.54) is 36.7 Å². The Balaban J connectivity index is 1.90. The van der Waals surface area contributed by atoms with Crippen LogP contribution in [0.3, 0.4) is 0 Å². The summed E-state index contributed by atoms with van der Waals surface area (Å²) in [5.74, 6) is -1.21. The van der Waals surface area contributed by atoms with Crippen molar-refractivity contribution in [2.24, 2.45) is 5.41 Å². The molecule has 1 heterocycles. The Bertz CT molecular complexity index is 1250. The van der Waals surface area contributed by atoms with Crippen LogP contribution in [0.25, 0.3) is 5.69 Å². The van der Waals surface area contributed by atoms with Gasteiger partial charge in [0.05, 0.1) is 12.3 Å². The van der Waals surface area contributed by atoms with Gasteiger partial charge >= 0.3 is 12.7 Å². The lowest BCUT2D eigenvalue weighted by Gasteiger charge is -2.21. The standard InChI is InChI=1S/C23H20F6N2O4S/c1-21(2,3)13-33-17-9-4-14(12-18(17)35-23(27,28)29)31-11-10-30-19(20(31)32)36-16-7-5-15(6-8-16)34-22(24,25)26/h4-12H,13H2,1-3H3. The monoisotopic (exact) mass is 534 g/mol. The molecule has 0 saturated heterocycles. The molecule has 3 rings (SSSR count). The predicted molar refractivity (Wildman–Crippen MR) is 119 cm³/mol. The molecule has 0 amide bonds. The molecule has 1 aromatic heterocycles. The molecule has 3 aromatic rings. The van der Waals surface area contributed by atoms with Gasteiger partial charge in [0.2, 0.25) is 0 Å². The summed E-state index contributed by atoms with van der Waals surface area (Å²) in [5.41, 5.74) is -0.945. The van der Waals surface area contributed by atoms with Crippen LogP contribution < -0.4 is 19.8 Å². The number of ether oxygens (including phenoxy) is 3. The van der Waals surface area contributed by atoms with Crippen molar-refractivity contribution in [3.63, 3.8) is 0 Å². The number of nitrogens with zero attached hydrogens (tertiary/aromatic N) is 2. The van der Waals surface area contributed by atoms with Gasteiger partial charge in [0.1, 0.15) is 5.75 Å². The third-order valence-corrected chi connectivity index (χ3v) is 5.15. The van der Waals surface area contributed by atoms with Gasteiger partial charge in [-0.1, -0.05) is 32.5 Å². The molecule has 36 heavy (non-hydrogen) atoms. The van der Waals surface area contributed by atoms with Crippen LogP contribution in [0.2, 0.25) is 0 Å². The van der Waals surface area contributed by atoms with Crippen LogP contribution in [-0.2, 0) is 0 Å². The summed E-state index contributed by atoms with van der Waals surface area (Å²) in [6, 6.07) is 8.44. The van der Waals surface area contributed by atoms with E-state index in [1.54, 1.807) is 0 Å². The topological polar surface area (TPSA) is 62.6 Å². The maximum absolute atomic E-state index is 13.0. The average molecular weight is 534 g/mol. The second-order valence-electron chi connectivity index (χ2n) is 8.56. The quantitative estimate of drug-likeness (QED) is 0.318. The fourth-order valence-electron chi connectivity index (χ4n) is 2.75. The number of hydrogen-bond donors (Lipinski definition) is 0. The van der Waals surface area contributed by atoms with Gasteiger partial charge in [-0.15, -0.1) is 26.3 Å². The number of alkyl halides is 6. The van der Waals surface area contributed by atoms with Crippen molar-refractivity contribution in [3.05, 3.63) is 65.2 Å². The number of rotatable bonds is 7. The van der Waals surface area contributed by atoms with Crippen molar-refractivity contribution in [2.75, 3.05) is 6.61 Å². The van der Waals surface area contributed by atoms with Crippen LogP contribution in [0.5, 0.6) is 17.2 Å². The molecular weight excluding hydrogens is 514 g/mol. The van der Waals surface area contributed by atoms with Gasteiger partial charge in [-0.25, -0.2) is 4.98 Å². The van der Waals surface area contributed by atoms with Crippen LogP contribution in [0.15, 0.2) is 69.6 Å². The van der Waals surface area contributed by atoms with E-state index in [1.807, 2.05) is 20.8 Å². The molecule has 0 fully saturated rings. The van der Waals surface area contributed by atoms with Crippen LogP contribution in [0.1, 0.15) is 20.8 Å². The van der Waals surface area contributed by atoms with E-state index >= 15 is 0 Å². The second-order valence-corrected chi connectivity index (χ2v) is 9.62. The summed E-state index contributed by atoms with van der Waals surface area (Å²) in [6.45, 7) is 5.65. The van der Waals surface area contributed by atoms with Gasteiger partial charge in [-0.3, -0.25) is 9.36 Å². The molecule has 0 aliphatic carbocycles. The molecule has 0 radical (unpaired) electrons. The van der Waals surface area contributed by atoms with Gasteiger partial charge in [0, 0.05) is 23.4 Å². The van der Waals surface area contributed by atoms with E-state index in [4.69, 9.17) is 4.74 Å². The van der Waals surface area contributed by atoms with E-state index < -0.39 is 29.8 Å². The van der Waals surface area contributed by atoms with Gasteiger partial charge in [0.25, 0.3) is 5.56 Å². The number of benzene rings is 2. The smallest absolute Gasteiger partial charge is 0.489 e. The Hall–Kier alpha value is -3.35. The van der Waals surface area contributed by atoms with Crippen LogP contribution >= 0.6 is 11.8 Å². The van der Waals surface area contributed by atoms with Crippen molar-refractivity contribution in [2.45, 2.75) is 43.4 Å². The Morgan fingerprint density at radius 1 is 0.889 bits per heavy atom. The Morgan fingerprint density at radius 3 is 2.11 bits per heavy atom. The zero-order valence-corrected chi connectivity index (χ0v) is 19.9. The van der Waals surface area contributed by atoms with E-state index in [9.17, 15) is 31.1 Å². The van der Waals surface area contributed by atoms with E-state index in [-0.39, 0.29) is 28.5 Å². The first-order valence-corrected chi connectivity index (χ1v) is 11.1. The van der Waals surface area contributed by atoms with E-state index in [0.29, 0.717) is 4.90 Å². The SMILES string of the molecule is CC(C)(C)COc1ccc(-n2ccnc(Sc3ccc(OC(F)(F)F)cc3)c2=O)cc1OC(F)(F)F. The lowest BCUT2D eigenvalue weighted by atomic mass is 9.99. The average Bonchev–Trinajstić information content (AvgIpc) is 2.73. The van der Waals surface area contributed by atoms with E-state index in [0.717, 1.165) is 34.5 Å². The minimum Gasteiger partial charge on any atom is -0.489 e. The van der Waals surface area contributed by atoms with Crippen LogP contribution in [0.4, 0.5) is 26.3 Å². The first kappa shape index (κ1) is 27.2. The molecule has 0 aliphatic rings. The molecular formula is C23H20F6N2O4S. The molecule has 2 aromatic carbocycles. The number of halogens is 6. The Labute approximate surface area is 205 Å². The summed E-state index contributed by atoms with van der Waals surface area (Å²) >= 11 is 0.861. The third kappa shape index (κ3) is 8.11. The van der Waals surface area contributed by atoms with E-state index in [2.05, 4.69) is 14.5 Å². The third-order valence-electron chi connectivity index (χ3n) is 4.17. The van der Waals surface area contributed by atoms with Gasteiger partial charge in [0.15, 0.2) is 16.5 Å². The van der Waals surface area contributed by atoms with Crippen LogP contribution in [0, 0.1) is 5.41 Å². The summed E-state index contributed by atoms with van der Waals surface area (Å²) in [4.78, 5) is 17.3. The van der Waals surface area contributed by atoms with Gasteiger partial charge in [-0.2, -0.15) is 0 Å². The summed E-state index contributed by atoms with van der Waals surface area (Å²) in [7, 11) is 0. The molecule has 0 atom stereocenters. The number of hydrogen-bond acceptors (Lipinski definition) is 6. The van der Waals surface area contributed by atoms with Gasteiger partial charge in [-0.05, 0) is 41.8 Å². The first-order chi connectivity index (χ1) is 16.6. The zero-order chi connectivity index (χ0) is 26.7. The summed E-state index contributed by atoms with van der Waals surface area (Å²) < 4.78 is 90.5. The van der Waals surface area contributed by atoms with Crippen LogP contribution in [-0.4, -0.2) is 28.9 Å². The maximum atomic E-state index is 13.0. The molecule has 0 bridgehead atoms. The maximum Gasteiger partial charge on any atom is 0.573 e. The normalized spacial score (nSPS) is 12.4. The lowest BCUT2D eigenvalue weighted by Crippen LogP contribution is -2.22. The summed E-state index contributed by atoms with van der Waals surface area (Å²) in [6.07, 6.45) is -7.32. The molecule has 0 saturated carbocycles. The largest absolute Gasteiger partial charge is 0.573 e. The minimum absolute atomic E-state index is 0.0560. The molecule has 0 spiro atoms. The second kappa shape index (κ2) is 10.3. The Kier molecular flexibility index (Phi) is 7.82. The first-order valence-electron chi connectivity index (χ1n) is 10.2. The lowest BCUT2D eigenvalue weighted by molar-refractivity contribution is -0.275. The van der Waals surface area contributed by atoms with Crippen molar-refractivity contribution in [1.29, 1.82) is 0 Å². The summed E-state index contributed by atoms with van der Waals surface area (Å²) in [5, 5.41) is -0.0617. The van der Waals surface area contributed by atoms with Gasteiger partial charge < -0.3 is 14.2 Å². The molecule has 0 N–H and O–H groups in total. The highest BCUT2D eigenvalue weighted by atomic mass is 32.2. The highest BCUT2D eigenvalue weighted by Gasteiger charge is 2.33. The molecule has 13 heteroatoms. The van der Waals surface area contributed by atoms with Crippen molar-refractivity contribution < 1.29 is 40.6 Å². The van der Waals surface area contributed by atoms with Crippen molar-refractivity contribution >= 4 is 11.8 Å². The molecule has 0 unspecified atom stereocenters. The minimum atomic E-state index is -5.00. The van der Waals surface area contributed by atoms with Crippen molar-refractivity contribution in [3.8, 4) is 22.9 Å². The predicted octanol–water partition coefficient (Wildman–Crippen LogP) is 6.61. The highest BCUT2D eigenvalue weighted by molar-refractivity contribution is 7.99. The molecule has 6 nitrogen and oxygen atoms in total. The van der Waals surface area contributed by atoms with Crippen molar-refractivity contribution in [1.82, 2.24) is 9.55 Å². The highest BCUT2D eigenvalue weighted by Crippen LogP contribution is 2.35. The zero-order valence-electron chi connectivity index (χ0n) is 19.1. The number of aromatic nitrogens is 2. The Morgan fingerprint density at radius 2 is 1.53 bits per heavy atom. The fraction of sp³-hybridized carbons (Fsp3) is 0.304. The fourth-order valence-corrected chi connectivity index (χ4v) is 3.55. The molecule has 0 aliphatic heterocycles.